The van der Waals surface area contributed by atoms with E-state index in [4.69, 9.17) is 0 Å². The highest BCUT2D eigenvalue weighted by Crippen LogP contribution is 2.21. The number of alkyl halides is 3. The first-order valence-electron chi connectivity index (χ1n) is 6.99. The van der Waals surface area contributed by atoms with E-state index in [2.05, 4.69) is 10.6 Å². The molecule has 1 saturated carbocycles. The Morgan fingerprint density at radius 3 is 2.47 bits per heavy atom. The van der Waals surface area contributed by atoms with Crippen LogP contribution in [0.15, 0.2) is 0 Å². The van der Waals surface area contributed by atoms with E-state index >= 15 is 0 Å². The molecule has 1 unspecified atom stereocenters. The van der Waals surface area contributed by atoms with E-state index in [1.54, 1.807) is 6.92 Å². The summed E-state index contributed by atoms with van der Waals surface area (Å²) in [5.74, 6) is -0.0530. The zero-order valence-corrected chi connectivity index (χ0v) is 11.4. The molecule has 3 nitrogen and oxygen atoms in total. The molecule has 0 aromatic carbocycles. The van der Waals surface area contributed by atoms with Crippen molar-refractivity contribution in [1.29, 1.82) is 0 Å². The van der Waals surface area contributed by atoms with E-state index in [0.29, 0.717) is 13.0 Å². The predicted octanol–water partition coefficient (Wildman–Crippen LogP) is 2.76. The van der Waals surface area contributed by atoms with Crippen molar-refractivity contribution in [3.63, 3.8) is 0 Å². The maximum Gasteiger partial charge on any atom is 0.389 e. The molecule has 1 rings (SSSR count). The van der Waals surface area contributed by atoms with Crippen LogP contribution < -0.4 is 10.6 Å². The van der Waals surface area contributed by atoms with Crippen LogP contribution in [-0.2, 0) is 4.79 Å². The van der Waals surface area contributed by atoms with Crippen molar-refractivity contribution in [2.24, 2.45) is 0 Å². The number of carbonyl (C=O) groups excluding carboxylic acids is 1. The number of amides is 1. The van der Waals surface area contributed by atoms with Crippen LogP contribution in [-0.4, -0.2) is 30.7 Å². The fraction of sp³-hybridized carbons (Fsp3) is 0.923. The molecule has 1 atom stereocenters. The third-order valence-corrected chi connectivity index (χ3v) is 3.43. The fourth-order valence-corrected chi connectivity index (χ4v) is 2.26. The van der Waals surface area contributed by atoms with Gasteiger partial charge in [0.25, 0.3) is 0 Å². The minimum absolute atomic E-state index is 0.0530. The Bertz CT molecular complexity index is 276. The quantitative estimate of drug-likeness (QED) is 0.704. The Morgan fingerprint density at radius 1 is 1.26 bits per heavy atom. The second kappa shape index (κ2) is 7.72. The molecule has 1 aliphatic carbocycles. The van der Waals surface area contributed by atoms with E-state index in [-0.39, 0.29) is 24.4 Å². The lowest BCUT2D eigenvalue weighted by atomic mass is 10.2. The second-order valence-corrected chi connectivity index (χ2v) is 5.24. The Morgan fingerprint density at radius 2 is 1.89 bits per heavy atom. The molecule has 0 bridgehead atoms. The fourth-order valence-electron chi connectivity index (χ4n) is 2.26. The molecular formula is C13H23F3N2O. The largest absolute Gasteiger partial charge is 0.389 e. The maximum absolute atomic E-state index is 11.9. The summed E-state index contributed by atoms with van der Waals surface area (Å²) in [6.45, 7) is 2.18. The van der Waals surface area contributed by atoms with Gasteiger partial charge >= 0.3 is 6.18 Å². The summed E-state index contributed by atoms with van der Waals surface area (Å²) in [6, 6.07) is -0.0616. The van der Waals surface area contributed by atoms with Gasteiger partial charge in [-0.3, -0.25) is 4.79 Å². The van der Waals surface area contributed by atoms with Crippen molar-refractivity contribution in [2.75, 3.05) is 6.54 Å². The van der Waals surface area contributed by atoms with Gasteiger partial charge in [-0.1, -0.05) is 12.8 Å². The topological polar surface area (TPSA) is 41.1 Å². The van der Waals surface area contributed by atoms with Gasteiger partial charge in [0.2, 0.25) is 5.91 Å². The average molecular weight is 280 g/mol. The Labute approximate surface area is 112 Å². The van der Waals surface area contributed by atoms with Crippen LogP contribution in [0.25, 0.3) is 0 Å². The number of carbonyl (C=O) groups is 1. The highest BCUT2D eigenvalue weighted by molar-refractivity contribution is 5.81. The lowest BCUT2D eigenvalue weighted by molar-refractivity contribution is -0.135. The van der Waals surface area contributed by atoms with Crippen molar-refractivity contribution >= 4 is 5.91 Å². The number of hydrogen-bond donors (Lipinski definition) is 2. The molecule has 0 radical (unpaired) electrons. The van der Waals surface area contributed by atoms with E-state index in [0.717, 1.165) is 25.7 Å². The van der Waals surface area contributed by atoms with Gasteiger partial charge in [0, 0.05) is 12.5 Å². The van der Waals surface area contributed by atoms with Gasteiger partial charge in [-0.25, -0.2) is 0 Å². The molecule has 2 N–H and O–H groups in total. The molecule has 19 heavy (non-hydrogen) atoms. The van der Waals surface area contributed by atoms with Crippen LogP contribution in [0.5, 0.6) is 0 Å². The summed E-state index contributed by atoms with van der Waals surface area (Å²) in [5.41, 5.74) is 0. The van der Waals surface area contributed by atoms with E-state index in [1.807, 2.05) is 0 Å². The van der Waals surface area contributed by atoms with Crippen molar-refractivity contribution in [3.8, 4) is 0 Å². The summed E-state index contributed by atoms with van der Waals surface area (Å²) < 4.78 is 35.7. The first-order chi connectivity index (χ1) is 8.88. The highest BCUT2D eigenvalue weighted by atomic mass is 19.4. The molecule has 1 fully saturated rings. The molecule has 0 aromatic heterocycles. The van der Waals surface area contributed by atoms with E-state index < -0.39 is 12.6 Å². The third kappa shape index (κ3) is 7.40. The van der Waals surface area contributed by atoms with Crippen LogP contribution in [0.1, 0.15) is 51.9 Å². The van der Waals surface area contributed by atoms with Crippen LogP contribution in [0, 0.1) is 0 Å². The Balaban J connectivity index is 2.06. The van der Waals surface area contributed by atoms with E-state index in [1.165, 1.54) is 0 Å². The average Bonchev–Trinajstić information content (AvgIpc) is 2.79. The second-order valence-electron chi connectivity index (χ2n) is 5.24. The van der Waals surface area contributed by atoms with Crippen LogP contribution in [0.3, 0.4) is 0 Å². The van der Waals surface area contributed by atoms with Crippen LogP contribution >= 0.6 is 0 Å². The number of halogens is 3. The molecule has 1 amide bonds. The molecule has 0 aliphatic heterocycles. The molecule has 1 aliphatic rings. The highest BCUT2D eigenvalue weighted by Gasteiger charge is 2.26. The van der Waals surface area contributed by atoms with Crippen molar-refractivity contribution in [1.82, 2.24) is 10.6 Å². The number of nitrogens with one attached hydrogen (secondary N) is 2. The van der Waals surface area contributed by atoms with Crippen LogP contribution in [0.4, 0.5) is 13.2 Å². The lowest BCUT2D eigenvalue weighted by Crippen LogP contribution is -2.45. The zero-order valence-electron chi connectivity index (χ0n) is 11.4. The molecule has 0 aromatic rings. The first kappa shape index (κ1) is 16.3. The van der Waals surface area contributed by atoms with Crippen molar-refractivity contribution in [2.45, 2.75) is 70.1 Å². The summed E-state index contributed by atoms with van der Waals surface area (Å²) in [4.78, 5) is 11.8. The summed E-state index contributed by atoms with van der Waals surface area (Å²) in [6.07, 6.45) is 0.0826. The van der Waals surface area contributed by atoms with Gasteiger partial charge in [-0.2, -0.15) is 13.2 Å². The van der Waals surface area contributed by atoms with Gasteiger partial charge in [-0.15, -0.1) is 0 Å². The molecular weight excluding hydrogens is 257 g/mol. The molecule has 6 heteroatoms. The van der Waals surface area contributed by atoms with Crippen molar-refractivity contribution < 1.29 is 18.0 Å². The molecule has 0 heterocycles. The van der Waals surface area contributed by atoms with Gasteiger partial charge in [-0.05, 0) is 39.2 Å². The Hall–Kier alpha value is -0.780. The minimum Gasteiger partial charge on any atom is -0.352 e. The first-order valence-corrected chi connectivity index (χ1v) is 6.99. The molecule has 112 valence electrons. The SMILES string of the molecule is CC(NCCCCC(F)(F)F)C(=O)NC1CCCC1. The van der Waals surface area contributed by atoms with Gasteiger partial charge < -0.3 is 10.6 Å². The molecule has 0 spiro atoms. The normalized spacial score (nSPS) is 18.5. The number of unbranched alkanes of at least 4 members (excludes halogenated alkanes) is 1. The third-order valence-electron chi connectivity index (χ3n) is 3.43. The standard InChI is InChI=1S/C13H23F3N2O/c1-10(12(19)18-11-6-2-3-7-11)17-9-5-4-8-13(14,15)16/h10-11,17H,2-9H2,1H3,(H,18,19). The number of hydrogen-bond acceptors (Lipinski definition) is 2. The van der Waals surface area contributed by atoms with Gasteiger partial charge in [0.1, 0.15) is 0 Å². The monoisotopic (exact) mass is 280 g/mol. The number of rotatable bonds is 7. The lowest BCUT2D eigenvalue weighted by Gasteiger charge is -2.17. The van der Waals surface area contributed by atoms with E-state index in [9.17, 15) is 18.0 Å². The molecule has 0 saturated heterocycles. The zero-order chi connectivity index (χ0) is 14.3. The summed E-state index contributed by atoms with van der Waals surface area (Å²) in [5, 5.41) is 5.93. The van der Waals surface area contributed by atoms with Gasteiger partial charge in [0.05, 0.1) is 6.04 Å². The minimum atomic E-state index is -4.08. The summed E-state index contributed by atoms with van der Waals surface area (Å²) in [7, 11) is 0. The smallest absolute Gasteiger partial charge is 0.352 e. The van der Waals surface area contributed by atoms with Crippen molar-refractivity contribution in [3.05, 3.63) is 0 Å². The summed E-state index contributed by atoms with van der Waals surface area (Å²) >= 11 is 0. The Kier molecular flexibility index (Phi) is 6.62. The predicted molar refractivity (Wildman–Crippen MR) is 67.8 cm³/mol. The van der Waals surface area contributed by atoms with Gasteiger partial charge in [0.15, 0.2) is 0 Å². The van der Waals surface area contributed by atoms with Crippen LogP contribution in [0.2, 0.25) is 0 Å². The maximum atomic E-state index is 11.9.